The summed E-state index contributed by atoms with van der Waals surface area (Å²) in [7, 11) is 0. The van der Waals surface area contributed by atoms with Gasteiger partial charge in [0, 0.05) is 36.1 Å². The van der Waals surface area contributed by atoms with Crippen LogP contribution in [0.5, 0.6) is 0 Å². The molecule has 3 aromatic heterocycles. The van der Waals surface area contributed by atoms with Gasteiger partial charge in [0.2, 0.25) is 5.91 Å². The Bertz CT molecular complexity index is 1530. The average molecular weight is 423 g/mol. The molecule has 5 aromatic rings. The number of aromatic nitrogens is 4. The Labute approximate surface area is 183 Å². The SMILES string of the molecule is O=C(Cc1c[nH]c2ccccc12)N1CCc2nc3cc(-c4ccccc4)[nH]n3c(=O)c2C1. The molecule has 0 fully saturated rings. The summed E-state index contributed by atoms with van der Waals surface area (Å²) < 4.78 is 1.48. The van der Waals surface area contributed by atoms with E-state index in [1.165, 1.54) is 4.52 Å². The van der Waals surface area contributed by atoms with E-state index in [1.807, 2.05) is 66.9 Å². The molecule has 1 aliphatic rings. The zero-order chi connectivity index (χ0) is 21.7. The molecule has 0 bridgehead atoms. The molecule has 7 heteroatoms. The number of H-pyrrole nitrogens is 2. The monoisotopic (exact) mass is 423 g/mol. The standard InChI is InChI=1S/C25H21N5O2/c31-24(12-17-14-26-20-9-5-4-8-18(17)20)29-11-10-21-19(15-29)25(32)30-23(27-21)13-22(28-30)16-6-2-1-3-7-16/h1-9,13-14,26,28H,10-12,15H2. The predicted octanol–water partition coefficient (Wildman–Crippen LogP) is 3.30. The predicted molar refractivity (Wildman–Crippen MR) is 122 cm³/mol. The van der Waals surface area contributed by atoms with Crippen molar-refractivity contribution in [1.29, 1.82) is 0 Å². The molecule has 2 N–H and O–H groups in total. The van der Waals surface area contributed by atoms with Crippen LogP contribution in [-0.4, -0.2) is 36.9 Å². The molecule has 1 aliphatic heterocycles. The van der Waals surface area contributed by atoms with E-state index < -0.39 is 0 Å². The van der Waals surface area contributed by atoms with Crippen molar-refractivity contribution in [1.82, 2.24) is 24.5 Å². The molecule has 0 spiro atoms. The summed E-state index contributed by atoms with van der Waals surface area (Å²) in [6.45, 7) is 0.845. The molecule has 0 atom stereocenters. The van der Waals surface area contributed by atoms with Crippen LogP contribution in [0.25, 0.3) is 27.8 Å². The smallest absolute Gasteiger partial charge is 0.277 e. The van der Waals surface area contributed by atoms with E-state index in [0.717, 1.165) is 33.4 Å². The van der Waals surface area contributed by atoms with Gasteiger partial charge in [-0.1, -0.05) is 48.5 Å². The van der Waals surface area contributed by atoms with Gasteiger partial charge in [0.25, 0.3) is 5.56 Å². The first-order valence-electron chi connectivity index (χ1n) is 10.7. The summed E-state index contributed by atoms with van der Waals surface area (Å²) in [6.07, 6.45) is 2.77. The van der Waals surface area contributed by atoms with Gasteiger partial charge in [0.05, 0.1) is 29.9 Å². The number of nitrogens with zero attached hydrogens (tertiary/aromatic N) is 3. The van der Waals surface area contributed by atoms with Crippen molar-refractivity contribution < 1.29 is 4.79 Å². The fourth-order valence-electron chi connectivity index (χ4n) is 4.51. The highest BCUT2D eigenvalue weighted by Crippen LogP contribution is 2.22. The lowest BCUT2D eigenvalue weighted by Crippen LogP contribution is -2.40. The number of amides is 1. The van der Waals surface area contributed by atoms with Crippen LogP contribution in [0.4, 0.5) is 0 Å². The Kier molecular flexibility index (Phi) is 4.21. The maximum atomic E-state index is 13.2. The molecule has 158 valence electrons. The first kappa shape index (κ1) is 18.6. The molecule has 32 heavy (non-hydrogen) atoms. The fraction of sp³-hybridized carbons (Fsp3) is 0.160. The number of hydrogen-bond donors (Lipinski definition) is 2. The number of hydrogen-bond acceptors (Lipinski definition) is 3. The fourth-order valence-corrected chi connectivity index (χ4v) is 4.51. The second-order valence-corrected chi connectivity index (χ2v) is 8.17. The summed E-state index contributed by atoms with van der Waals surface area (Å²) in [5.74, 6) is 0.0151. The number of nitrogens with one attached hydrogen (secondary N) is 2. The van der Waals surface area contributed by atoms with Crippen LogP contribution in [-0.2, 0) is 24.2 Å². The van der Waals surface area contributed by atoms with E-state index in [1.54, 1.807) is 4.90 Å². The highest BCUT2D eigenvalue weighted by atomic mass is 16.2. The first-order valence-corrected chi connectivity index (χ1v) is 10.7. The van der Waals surface area contributed by atoms with Crippen LogP contribution in [0, 0.1) is 0 Å². The highest BCUT2D eigenvalue weighted by Gasteiger charge is 2.26. The van der Waals surface area contributed by atoms with Crippen molar-refractivity contribution in [3.05, 3.63) is 94.0 Å². The van der Waals surface area contributed by atoms with Gasteiger partial charge < -0.3 is 9.88 Å². The molecule has 0 unspecified atom stereocenters. The van der Waals surface area contributed by atoms with Gasteiger partial charge in [-0.25, -0.2) is 9.50 Å². The van der Waals surface area contributed by atoms with E-state index in [9.17, 15) is 9.59 Å². The van der Waals surface area contributed by atoms with Gasteiger partial charge in [-0.3, -0.25) is 14.7 Å². The minimum atomic E-state index is -0.142. The lowest BCUT2D eigenvalue weighted by Gasteiger charge is -2.27. The van der Waals surface area contributed by atoms with Crippen LogP contribution in [0.2, 0.25) is 0 Å². The number of carbonyl (C=O) groups excluding carboxylic acids is 1. The van der Waals surface area contributed by atoms with Gasteiger partial charge in [0.15, 0.2) is 5.65 Å². The minimum absolute atomic E-state index is 0.0151. The topological polar surface area (TPSA) is 86.3 Å². The van der Waals surface area contributed by atoms with E-state index in [0.29, 0.717) is 30.6 Å². The minimum Gasteiger partial charge on any atom is -0.361 e. The Morgan fingerprint density at radius 2 is 1.88 bits per heavy atom. The number of fused-ring (bicyclic) bond motifs is 3. The molecular formula is C25H21N5O2. The van der Waals surface area contributed by atoms with Gasteiger partial charge in [-0.15, -0.1) is 0 Å². The van der Waals surface area contributed by atoms with Crippen LogP contribution < -0.4 is 5.56 Å². The van der Waals surface area contributed by atoms with Crippen LogP contribution in [0.15, 0.2) is 71.7 Å². The third-order valence-electron chi connectivity index (χ3n) is 6.22. The average Bonchev–Trinajstić information content (AvgIpc) is 3.44. The summed E-state index contributed by atoms with van der Waals surface area (Å²) in [4.78, 5) is 36.0. The molecule has 0 saturated heterocycles. The second kappa shape index (κ2) is 7.23. The van der Waals surface area contributed by atoms with Crippen molar-refractivity contribution in [2.75, 3.05) is 6.54 Å². The Hall–Kier alpha value is -4.13. The van der Waals surface area contributed by atoms with Crippen LogP contribution >= 0.6 is 0 Å². The van der Waals surface area contributed by atoms with Gasteiger partial charge >= 0.3 is 0 Å². The maximum Gasteiger partial charge on any atom is 0.277 e. The number of rotatable bonds is 3. The first-order chi connectivity index (χ1) is 15.7. The van der Waals surface area contributed by atoms with Gasteiger partial charge in [0.1, 0.15) is 0 Å². The van der Waals surface area contributed by atoms with E-state index in [-0.39, 0.29) is 18.0 Å². The van der Waals surface area contributed by atoms with E-state index >= 15 is 0 Å². The molecular weight excluding hydrogens is 402 g/mol. The maximum absolute atomic E-state index is 13.2. The summed E-state index contributed by atoms with van der Waals surface area (Å²) in [5.41, 5.74) is 5.65. The summed E-state index contributed by atoms with van der Waals surface area (Å²) in [5, 5.41) is 4.22. The van der Waals surface area contributed by atoms with E-state index in [4.69, 9.17) is 4.98 Å². The lowest BCUT2D eigenvalue weighted by molar-refractivity contribution is -0.131. The molecule has 6 rings (SSSR count). The largest absolute Gasteiger partial charge is 0.361 e. The van der Waals surface area contributed by atoms with Crippen molar-refractivity contribution in [3.8, 4) is 11.3 Å². The van der Waals surface area contributed by atoms with Crippen LogP contribution in [0.3, 0.4) is 0 Å². The van der Waals surface area contributed by atoms with Crippen molar-refractivity contribution >= 4 is 22.5 Å². The Balaban J connectivity index is 1.30. The lowest BCUT2D eigenvalue weighted by atomic mass is 10.0. The van der Waals surface area contributed by atoms with Gasteiger partial charge in [-0.05, 0) is 17.2 Å². The summed E-state index contributed by atoms with van der Waals surface area (Å²) >= 11 is 0. The highest BCUT2D eigenvalue weighted by molar-refractivity contribution is 5.89. The Morgan fingerprint density at radius 1 is 1.06 bits per heavy atom. The van der Waals surface area contributed by atoms with E-state index in [2.05, 4.69) is 10.1 Å². The van der Waals surface area contributed by atoms with Gasteiger partial charge in [-0.2, -0.15) is 0 Å². The molecule has 7 nitrogen and oxygen atoms in total. The molecule has 1 amide bonds. The third kappa shape index (κ3) is 3.01. The molecule has 2 aromatic carbocycles. The number of benzene rings is 2. The Morgan fingerprint density at radius 3 is 2.75 bits per heavy atom. The quantitative estimate of drug-likeness (QED) is 0.467. The zero-order valence-electron chi connectivity index (χ0n) is 17.3. The molecule has 0 saturated carbocycles. The van der Waals surface area contributed by atoms with Crippen LogP contribution in [0.1, 0.15) is 16.8 Å². The summed E-state index contributed by atoms with van der Waals surface area (Å²) in [6, 6.07) is 19.7. The van der Waals surface area contributed by atoms with Crippen molar-refractivity contribution in [2.45, 2.75) is 19.4 Å². The number of para-hydroxylation sites is 1. The second-order valence-electron chi connectivity index (χ2n) is 8.17. The van der Waals surface area contributed by atoms with Crippen molar-refractivity contribution in [3.63, 3.8) is 0 Å². The zero-order valence-corrected chi connectivity index (χ0v) is 17.3. The normalized spacial score (nSPS) is 13.6. The third-order valence-corrected chi connectivity index (χ3v) is 6.22. The number of carbonyl (C=O) groups is 1. The van der Waals surface area contributed by atoms with Crippen molar-refractivity contribution in [2.24, 2.45) is 0 Å². The molecule has 0 radical (unpaired) electrons. The molecule has 0 aliphatic carbocycles. The number of aromatic amines is 2. The molecule has 4 heterocycles.